The van der Waals surface area contributed by atoms with Gasteiger partial charge in [0.15, 0.2) is 5.60 Å². The number of methoxy groups -OCH3 is 1. The van der Waals surface area contributed by atoms with Crippen molar-refractivity contribution in [1.82, 2.24) is 0 Å². The van der Waals surface area contributed by atoms with Gasteiger partial charge in [0.1, 0.15) is 6.54 Å². The van der Waals surface area contributed by atoms with E-state index in [4.69, 9.17) is 18.7 Å². The molecule has 0 aromatic rings. The van der Waals surface area contributed by atoms with Crippen LogP contribution in [0.25, 0.3) is 0 Å². The summed E-state index contributed by atoms with van der Waals surface area (Å²) in [6.07, 6.45) is 1.98. The molecule has 0 aliphatic carbocycles. The third kappa shape index (κ3) is 5.32. The molecule has 24 heavy (non-hydrogen) atoms. The summed E-state index contributed by atoms with van der Waals surface area (Å²) in [5.41, 5.74) is -1.58. The molecule has 0 aromatic carbocycles. The van der Waals surface area contributed by atoms with Crippen LogP contribution >= 0.6 is 7.82 Å². The van der Waals surface area contributed by atoms with Crippen molar-refractivity contribution in [3.8, 4) is 0 Å². The first-order chi connectivity index (χ1) is 10.9. The number of aliphatic hydroxyl groups is 1. The van der Waals surface area contributed by atoms with E-state index in [1.165, 1.54) is 7.11 Å². The highest BCUT2D eigenvalue weighted by atomic mass is 31.2. The van der Waals surface area contributed by atoms with Gasteiger partial charge in [0, 0.05) is 7.11 Å². The molecule has 0 saturated carbocycles. The lowest BCUT2D eigenvalue weighted by molar-refractivity contribution is -0.882. The van der Waals surface area contributed by atoms with Crippen LogP contribution in [-0.4, -0.2) is 91.5 Å². The van der Waals surface area contributed by atoms with Crippen molar-refractivity contribution in [3.63, 3.8) is 0 Å². The number of aliphatic hydroxyl groups excluding tert-OH is 1. The molecule has 3 N–H and O–H groups in total. The maximum atomic E-state index is 11.6. The van der Waals surface area contributed by atoms with Gasteiger partial charge in [-0.25, -0.2) is 9.09 Å². The zero-order chi connectivity index (χ0) is 18.6. The first kappa shape index (κ1) is 21.7. The maximum Gasteiger partial charge on any atom is 0.472 e. The highest BCUT2D eigenvalue weighted by Crippen LogP contribution is 2.48. The van der Waals surface area contributed by atoms with Gasteiger partial charge < -0.3 is 33.6 Å². The van der Waals surface area contributed by atoms with E-state index in [2.05, 4.69) is 6.58 Å². The van der Waals surface area contributed by atoms with Crippen molar-refractivity contribution in [2.75, 3.05) is 54.6 Å². The van der Waals surface area contributed by atoms with E-state index in [0.29, 0.717) is 6.42 Å². The molecular weight excluding hydrogens is 341 g/mol. The lowest BCUT2D eigenvalue weighted by atomic mass is 9.91. The van der Waals surface area contributed by atoms with Crippen molar-refractivity contribution in [2.24, 2.45) is 0 Å². The second-order valence-electron chi connectivity index (χ2n) is 6.91. The van der Waals surface area contributed by atoms with Gasteiger partial charge in [0.05, 0.1) is 47.1 Å². The fraction of sp³-hybridized carbons (Fsp3) is 0.857. The fourth-order valence-electron chi connectivity index (χ4n) is 2.71. The summed E-state index contributed by atoms with van der Waals surface area (Å²) in [6, 6.07) is 0. The lowest BCUT2D eigenvalue weighted by Crippen LogP contribution is -2.71. The third-order valence-electron chi connectivity index (χ3n) is 3.76. The Kier molecular flexibility index (Phi) is 7.14. The molecule has 0 spiro atoms. The summed E-state index contributed by atoms with van der Waals surface area (Å²) >= 11 is 0. The summed E-state index contributed by atoms with van der Waals surface area (Å²) in [4.78, 5) is 18.7. The summed E-state index contributed by atoms with van der Waals surface area (Å²) in [5.74, 6) is -1.90. The number of hydrogen-bond acceptors (Lipinski definition) is 6. The van der Waals surface area contributed by atoms with Crippen molar-refractivity contribution in [3.05, 3.63) is 12.7 Å². The van der Waals surface area contributed by atoms with Gasteiger partial charge in [-0.3, -0.25) is 0 Å². The number of quaternary nitrogens is 1. The standard InChI is InChI=1S/C14H28NO8P/c1-6-7-12-8-22-13(10-16,11-21-12)14(20-5,9-15(2,3)4)23-24(17,18)19/h6,12,16H,1,7-11H2,2-5H3,(H-,17,18,19)/p+1. The molecule has 0 bridgehead atoms. The Balaban J connectivity index is 3.23. The minimum atomic E-state index is -4.94. The smallest absolute Gasteiger partial charge is 0.393 e. The Hall–Kier alpha value is -0.350. The van der Waals surface area contributed by atoms with Gasteiger partial charge >= 0.3 is 7.82 Å². The van der Waals surface area contributed by atoms with Crippen LogP contribution in [0.15, 0.2) is 12.7 Å². The van der Waals surface area contributed by atoms with Gasteiger partial charge in [-0.05, 0) is 6.42 Å². The van der Waals surface area contributed by atoms with Gasteiger partial charge in [0.2, 0.25) is 0 Å². The van der Waals surface area contributed by atoms with E-state index in [-0.39, 0.29) is 30.3 Å². The molecule has 3 atom stereocenters. The van der Waals surface area contributed by atoms with Gasteiger partial charge in [-0.1, -0.05) is 6.08 Å². The molecule has 1 aliphatic rings. The molecule has 1 rings (SSSR count). The number of hydrogen-bond donors (Lipinski definition) is 3. The quantitative estimate of drug-likeness (QED) is 0.223. The van der Waals surface area contributed by atoms with E-state index in [9.17, 15) is 19.5 Å². The van der Waals surface area contributed by atoms with Crippen LogP contribution in [-0.2, 0) is 23.3 Å². The van der Waals surface area contributed by atoms with E-state index >= 15 is 0 Å². The van der Waals surface area contributed by atoms with Crippen LogP contribution in [0.4, 0.5) is 0 Å². The minimum absolute atomic E-state index is 0.00462. The summed E-state index contributed by atoms with van der Waals surface area (Å²) in [7, 11) is 1.71. The highest BCUT2D eigenvalue weighted by molar-refractivity contribution is 7.46. The molecule has 3 unspecified atom stereocenters. The average Bonchev–Trinajstić information content (AvgIpc) is 2.44. The molecule has 1 heterocycles. The third-order valence-corrected chi connectivity index (χ3v) is 4.29. The van der Waals surface area contributed by atoms with Gasteiger partial charge in [-0.15, -0.1) is 6.58 Å². The van der Waals surface area contributed by atoms with Crippen LogP contribution in [0, 0.1) is 0 Å². The molecule has 142 valence electrons. The Labute approximate surface area is 142 Å². The Morgan fingerprint density at radius 3 is 2.42 bits per heavy atom. The van der Waals surface area contributed by atoms with Crippen LogP contribution in [0.5, 0.6) is 0 Å². The molecule has 1 saturated heterocycles. The van der Waals surface area contributed by atoms with Crippen molar-refractivity contribution in [1.29, 1.82) is 0 Å². The monoisotopic (exact) mass is 370 g/mol. The number of likely N-dealkylation sites (N-methyl/N-ethyl adjacent to an activating group) is 1. The number of phosphoric ester groups is 1. The van der Waals surface area contributed by atoms with Crippen molar-refractivity contribution < 1.29 is 42.7 Å². The predicted molar refractivity (Wildman–Crippen MR) is 86.1 cm³/mol. The lowest BCUT2D eigenvalue weighted by Gasteiger charge is -2.50. The summed E-state index contributed by atoms with van der Waals surface area (Å²) < 4.78 is 33.7. The Morgan fingerprint density at radius 1 is 1.46 bits per heavy atom. The van der Waals surface area contributed by atoms with Gasteiger partial charge in [-0.2, -0.15) is 0 Å². The van der Waals surface area contributed by atoms with Crippen LogP contribution in [0.1, 0.15) is 6.42 Å². The number of nitrogens with zero attached hydrogens (tertiary/aromatic N) is 1. The normalized spacial score (nSPS) is 28.4. The number of phosphoric acid groups is 1. The molecule has 0 radical (unpaired) electrons. The number of ether oxygens (including phenoxy) is 3. The number of rotatable bonds is 9. The van der Waals surface area contributed by atoms with Crippen LogP contribution in [0.2, 0.25) is 0 Å². The predicted octanol–water partition coefficient (Wildman–Crippen LogP) is -0.133. The zero-order valence-electron chi connectivity index (χ0n) is 14.7. The van der Waals surface area contributed by atoms with Crippen molar-refractivity contribution in [2.45, 2.75) is 23.9 Å². The van der Waals surface area contributed by atoms with E-state index < -0.39 is 25.8 Å². The SMILES string of the molecule is C=CCC1COC(CO)(C(C[N+](C)(C)C)(OC)OP(=O)(O)O)CO1. The molecule has 1 aliphatic heterocycles. The molecule has 9 nitrogen and oxygen atoms in total. The second kappa shape index (κ2) is 7.90. The van der Waals surface area contributed by atoms with Crippen molar-refractivity contribution >= 4 is 7.82 Å². The van der Waals surface area contributed by atoms with Crippen LogP contribution in [0.3, 0.4) is 0 Å². The average molecular weight is 370 g/mol. The summed E-state index contributed by atoms with van der Waals surface area (Å²) in [6.45, 7) is 3.01. The minimum Gasteiger partial charge on any atom is -0.393 e. The fourth-order valence-corrected chi connectivity index (χ4v) is 3.39. The van der Waals surface area contributed by atoms with Crippen LogP contribution < -0.4 is 0 Å². The zero-order valence-corrected chi connectivity index (χ0v) is 15.6. The van der Waals surface area contributed by atoms with E-state index in [1.54, 1.807) is 27.2 Å². The second-order valence-corrected chi connectivity index (χ2v) is 8.07. The Morgan fingerprint density at radius 2 is 2.08 bits per heavy atom. The molecule has 1 fully saturated rings. The van der Waals surface area contributed by atoms with E-state index in [0.717, 1.165) is 0 Å². The molecule has 0 aromatic heterocycles. The first-order valence-corrected chi connectivity index (χ1v) is 9.05. The van der Waals surface area contributed by atoms with Gasteiger partial charge in [0.25, 0.3) is 5.79 Å². The molecular formula is C14H29NO8P+. The largest absolute Gasteiger partial charge is 0.472 e. The first-order valence-electron chi connectivity index (χ1n) is 7.52. The van der Waals surface area contributed by atoms with E-state index in [1.807, 2.05) is 0 Å². The maximum absolute atomic E-state index is 11.6. The summed E-state index contributed by atoms with van der Waals surface area (Å²) in [5, 5.41) is 9.97. The highest BCUT2D eigenvalue weighted by Gasteiger charge is 2.62. The molecule has 10 heteroatoms. The topological polar surface area (TPSA) is 115 Å². The Bertz CT molecular complexity index is 466. The molecule has 0 amide bonds.